The lowest BCUT2D eigenvalue weighted by molar-refractivity contribution is 0.101. The predicted octanol–water partition coefficient (Wildman–Crippen LogP) is 5.51. The van der Waals surface area contributed by atoms with Gasteiger partial charge in [-0.3, -0.25) is 4.79 Å². The molecule has 0 aliphatic carbocycles. The number of thiophene rings is 1. The minimum absolute atomic E-state index is 0.0645. The van der Waals surface area contributed by atoms with Gasteiger partial charge in [0, 0.05) is 12.2 Å². The lowest BCUT2D eigenvalue weighted by Gasteiger charge is -2.11. The minimum Gasteiger partial charge on any atom is -0.335 e. The second kappa shape index (κ2) is 7.18. The normalized spacial score (nSPS) is 11.0. The van der Waals surface area contributed by atoms with Gasteiger partial charge in [-0.2, -0.15) is 0 Å². The van der Waals surface area contributed by atoms with Crippen LogP contribution in [0.2, 0.25) is 0 Å². The molecule has 0 spiro atoms. The Kier molecular flexibility index (Phi) is 4.59. The number of aromatic nitrogens is 1. The monoisotopic (exact) mass is 360 g/mol. The Bertz CT molecular complexity index is 1030. The van der Waals surface area contributed by atoms with Gasteiger partial charge in [-0.1, -0.05) is 48.0 Å². The van der Waals surface area contributed by atoms with Crippen LogP contribution in [0.25, 0.3) is 10.2 Å². The number of anilines is 1. The van der Waals surface area contributed by atoms with Gasteiger partial charge in [0.2, 0.25) is 0 Å². The number of benzene rings is 2. The smallest absolute Gasteiger partial charge is 0.272 e. The number of nitrogens with one attached hydrogen (secondary N) is 1. The van der Waals surface area contributed by atoms with Crippen LogP contribution < -0.4 is 5.32 Å². The minimum atomic E-state index is -0.0645. The van der Waals surface area contributed by atoms with E-state index in [0.717, 1.165) is 28.9 Å². The number of rotatable bonds is 5. The summed E-state index contributed by atoms with van der Waals surface area (Å²) in [6, 6.07) is 22.3. The van der Waals surface area contributed by atoms with E-state index >= 15 is 0 Å². The van der Waals surface area contributed by atoms with Crippen molar-refractivity contribution in [3.05, 3.63) is 88.9 Å². The van der Waals surface area contributed by atoms with Crippen LogP contribution in [-0.4, -0.2) is 10.5 Å². The number of hydrogen-bond donors (Lipinski definition) is 1. The van der Waals surface area contributed by atoms with Crippen LogP contribution in [0, 0.1) is 6.92 Å². The Morgan fingerprint density at radius 2 is 1.81 bits per heavy atom. The first-order valence-electron chi connectivity index (χ1n) is 8.69. The Morgan fingerprint density at radius 1 is 1.04 bits per heavy atom. The summed E-state index contributed by atoms with van der Waals surface area (Å²) < 4.78 is 3.27. The fraction of sp³-hybridized carbons (Fsp3) is 0.136. The number of amides is 1. The molecule has 2 aromatic carbocycles. The third kappa shape index (κ3) is 3.41. The van der Waals surface area contributed by atoms with Crippen molar-refractivity contribution in [2.24, 2.45) is 0 Å². The van der Waals surface area contributed by atoms with Crippen molar-refractivity contribution in [3.8, 4) is 0 Å². The lowest BCUT2D eigenvalue weighted by Crippen LogP contribution is -2.17. The molecule has 1 amide bonds. The number of carbonyl (C=O) groups excluding carboxylic acids is 1. The van der Waals surface area contributed by atoms with Gasteiger partial charge in [0.25, 0.3) is 5.91 Å². The van der Waals surface area contributed by atoms with Gasteiger partial charge >= 0.3 is 0 Å². The molecule has 4 heteroatoms. The van der Waals surface area contributed by atoms with Gasteiger partial charge in [-0.25, -0.2) is 0 Å². The molecule has 130 valence electrons. The molecule has 0 fully saturated rings. The highest BCUT2D eigenvalue weighted by Crippen LogP contribution is 2.26. The van der Waals surface area contributed by atoms with Crippen LogP contribution in [0.1, 0.15) is 21.6 Å². The van der Waals surface area contributed by atoms with Crippen molar-refractivity contribution in [2.45, 2.75) is 19.9 Å². The maximum absolute atomic E-state index is 12.9. The summed E-state index contributed by atoms with van der Waals surface area (Å²) in [5, 5.41) is 5.09. The van der Waals surface area contributed by atoms with Crippen molar-refractivity contribution in [2.75, 3.05) is 5.32 Å². The lowest BCUT2D eigenvalue weighted by atomic mass is 10.1. The van der Waals surface area contributed by atoms with Gasteiger partial charge in [0.1, 0.15) is 5.69 Å². The van der Waals surface area contributed by atoms with Gasteiger partial charge in [-0.15, -0.1) is 11.3 Å². The largest absolute Gasteiger partial charge is 0.335 e. The second-order valence-corrected chi connectivity index (χ2v) is 7.35. The highest BCUT2D eigenvalue weighted by Gasteiger charge is 2.16. The molecule has 4 aromatic rings. The standard InChI is InChI=1S/C22H20N2OS/c1-16-7-9-18(10-8-16)23-22(25)20-15-21-19(12-14-26-21)24(20)13-11-17-5-3-2-4-6-17/h2-10,12,14-15H,11,13H2,1H3,(H,23,25). The van der Waals surface area contributed by atoms with Crippen molar-refractivity contribution in [3.63, 3.8) is 0 Å². The number of fused-ring (bicyclic) bond motifs is 1. The zero-order valence-electron chi connectivity index (χ0n) is 14.6. The van der Waals surface area contributed by atoms with Crippen LogP contribution >= 0.6 is 11.3 Å². The van der Waals surface area contributed by atoms with Crippen LogP contribution in [-0.2, 0) is 13.0 Å². The molecule has 0 bridgehead atoms. The average Bonchev–Trinajstić information content (AvgIpc) is 3.24. The first kappa shape index (κ1) is 16.6. The van der Waals surface area contributed by atoms with E-state index in [1.807, 2.05) is 43.3 Å². The van der Waals surface area contributed by atoms with Crippen molar-refractivity contribution >= 4 is 33.1 Å². The third-order valence-corrected chi connectivity index (χ3v) is 5.38. The molecule has 0 atom stereocenters. The van der Waals surface area contributed by atoms with E-state index in [1.54, 1.807) is 11.3 Å². The average molecular weight is 360 g/mol. The van der Waals surface area contributed by atoms with Gasteiger partial charge in [0.05, 0.1) is 10.2 Å². The molecule has 2 heterocycles. The molecule has 1 N–H and O–H groups in total. The molecule has 0 saturated heterocycles. The molecule has 0 radical (unpaired) electrons. The van der Waals surface area contributed by atoms with Gasteiger partial charge in [0.15, 0.2) is 0 Å². The highest BCUT2D eigenvalue weighted by molar-refractivity contribution is 7.17. The Hall–Kier alpha value is -2.85. The molecule has 0 aliphatic rings. The fourth-order valence-corrected chi connectivity index (χ4v) is 3.95. The van der Waals surface area contributed by atoms with E-state index < -0.39 is 0 Å². The molecule has 26 heavy (non-hydrogen) atoms. The SMILES string of the molecule is Cc1ccc(NC(=O)c2cc3sccc3n2CCc2ccccc2)cc1. The van der Waals surface area contributed by atoms with Crippen LogP contribution in [0.15, 0.2) is 72.1 Å². The first-order valence-corrected chi connectivity index (χ1v) is 9.57. The summed E-state index contributed by atoms with van der Waals surface area (Å²) in [4.78, 5) is 12.9. The molecule has 2 aromatic heterocycles. The molecular weight excluding hydrogens is 340 g/mol. The Labute approximate surface area is 156 Å². The summed E-state index contributed by atoms with van der Waals surface area (Å²) in [7, 11) is 0. The van der Waals surface area contributed by atoms with Crippen LogP contribution in [0.3, 0.4) is 0 Å². The van der Waals surface area contributed by atoms with E-state index in [1.165, 1.54) is 11.1 Å². The van der Waals surface area contributed by atoms with Crippen molar-refractivity contribution in [1.82, 2.24) is 4.57 Å². The van der Waals surface area contributed by atoms with Gasteiger partial charge in [-0.05, 0) is 48.6 Å². The van der Waals surface area contributed by atoms with E-state index in [4.69, 9.17) is 0 Å². The number of nitrogens with zero attached hydrogens (tertiary/aromatic N) is 1. The number of carbonyl (C=O) groups is 1. The maximum Gasteiger partial charge on any atom is 0.272 e. The zero-order chi connectivity index (χ0) is 17.9. The van der Waals surface area contributed by atoms with Gasteiger partial charge < -0.3 is 9.88 Å². The van der Waals surface area contributed by atoms with E-state index in [0.29, 0.717) is 5.69 Å². The van der Waals surface area contributed by atoms with E-state index in [9.17, 15) is 4.79 Å². The topological polar surface area (TPSA) is 34.0 Å². The molecule has 0 aliphatic heterocycles. The van der Waals surface area contributed by atoms with Crippen LogP contribution in [0.5, 0.6) is 0 Å². The zero-order valence-corrected chi connectivity index (χ0v) is 15.4. The number of aryl methyl sites for hydroxylation is 3. The Balaban J connectivity index is 1.60. The van der Waals surface area contributed by atoms with Crippen molar-refractivity contribution in [1.29, 1.82) is 0 Å². The summed E-state index contributed by atoms with van der Waals surface area (Å²) in [5.74, 6) is -0.0645. The predicted molar refractivity (Wildman–Crippen MR) is 109 cm³/mol. The highest BCUT2D eigenvalue weighted by atomic mass is 32.1. The maximum atomic E-state index is 12.9. The summed E-state index contributed by atoms with van der Waals surface area (Å²) in [5.41, 5.74) is 5.10. The fourth-order valence-electron chi connectivity index (χ4n) is 3.12. The first-order chi connectivity index (χ1) is 12.7. The van der Waals surface area contributed by atoms with Crippen molar-refractivity contribution < 1.29 is 4.79 Å². The third-order valence-electron chi connectivity index (χ3n) is 4.53. The molecule has 0 saturated carbocycles. The quantitative estimate of drug-likeness (QED) is 0.500. The Morgan fingerprint density at radius 3 is 2.58 bits per heavy atom. The molecule has 0 unspecified atom stereocenters. The van der Waals surface area contributed by atoms with E-state index in [-0.39, 0.29) is 5.91 Å². The van der Waals surface area contributed by atoms with Crippen LogP contribution in [0.4, 0.5) is 5.69 Å². The summed E-state index contributed by atoms with van der Waals surface area (Å²) in [6.45, 7) is 2.81. The molecular formula is C22H20N2OS. The summed E-state index contributed by atoms with van der Waals surface area (Å²) >= 11 is 1.67. The summed E-state index contributed by atoms with van der Waals surface area (Å²) in [6.07, 6.45) is 0.894. The number of hydrogen-bond acceptors (Lipinski definition) is 2. The molecule has 4 rings (SSSR count). The van der Waals surface area contributed by atoms with E-state index in [2.05, 4.69) is 45.6 Å². The molecule has 3 nitrogen and oxygen atoms in total. The second-order valence-electron chi connectivity index (χ2n) is 6.41.